The van der Waals surface area contributed by atoms with Gasteiger partial charge in [0.1, 0.15) is 18.3 Å². The number of carbonyl (C=O) groups excluding carboxylic acids is 2. The number of nitrogens with one attached hydrogen (secondary N) is 1. The van der Waals surface area contributed by atoms with E-state index in [0.717, 1.165) is 4.31 Å². The molecule has 0 aromatic heterocycles. The van der Waals surface area contributed by atoms with Crippen LogP contribution in [0.1, 0.15) is 39.7 Å². The number of carbonyl (C=O) groups is 2. The molecule has 0 aliphatic carbocycles. The first-order valence-corrected chi connectivity index (χ1v) is 15.0. The zero-order valence-electron chi connectivity index (χ0n) is 23.2. The van der Waals surface area contributed by atoms with Crippen molar-refractivity contribution < 1.29 is 22.7 Å². The van der Waals surface area contributed by atoms with Crippen molar-refractivity contribution in [3.05, 3.63) is 89.4 Å². The fourth-order valence-corrected chi connectivity index (χ4v) is 5.86. The molecule has 214 valence electrons. The van der Waals surface area contributed by atoms with Gasteiger partial charge in [0.05, 0.1) is 17.2 Å². The largest absolute Gasteiger partial charge is 0.494 e. The van der Waals surface area contributed by atoms with Crippen LogP contribution in [0.5, 0.6) is 5.75 Å². The number of hydrogen-bond acceptors (Lipinski definition) is 5. The molecule has 1 atom stereocenters. The van der Waals surface area contributed by atoms with Gasteiger partial charge in [-0.15, -0.1) is 0 Å². The van der Waals surface area contributed by atoms with Crippen molar-refractivity contribution in [2.45, 2.75) is 57.6 Å². The first kappa shape index (κ1) is 31.0. The van der Waals surface area contributed by atoms with Gasteiger partial charge in [0.15, 0.2) is 0 Å². The molecular weight excluding hydrogens is 550 g/mol. The number of ether oxygens (including phenoxy) is 1. The van der Waals surface area contributed by atoms with E-state index in [1.54, 1.807) is 66.7 Å². The molecule has 3 aromatic rings. The summed E-state index contributed by atoms with van der Waals surface area (Å²) in [6.45, 7) is 7.30. The molecule has 0 unspecified atom stereocenters. The number of anilines is 1. The van der Waals surface area contributed by atoms with Crippen LogP contribution in [0.15, 0.2) is 83.8 Å². The SMILES string of the molecule is CCOc1ccc(N(CC(=O)N(Cc2ccccc2Cl)[C@@H](CC)C(=O)NC(C)C)S(=O)(=O)c2ccccc2)cc1. The number of benzene rings is 3. The van der Waals surface area contributed by atoms with Crippen molar-refractivity contribution in [3.63, 3.8) is 0 Å². The number of nitrogens with zero attached hydrogens (tertiary/aromatic N) is 2. The van der Waals surface area contributed by atoms with Crippen molar-refractivity contribution in [3.8, 4) is 5.75 Å². The van der Waals surface area contributed by atoms with Crippen LogP contribution in [0.2, 0.25) is 5.02 Å². The second-order valence-corrected chi connectivity index (χ2v) is 11.7. The Hall–Kier alpha value is -3.56. The van der Waals surface area contributed by atoms with Crippen LogP contribution in [-0.4, -0.2) is 50.4 Å². The quantitative estimate of drug-likeness (QED) is 0.295. The third-order valence-electron chi connectivity index (χ3n) is 6.16. The Labute approximate surface area is 241 Å². The lowest BCUT2D eigenvalue weighted by molar-refractivity contribution is -0.140. The Morgan fingerprint density at radius 1 is 0.925 bits per heavy atom. The maximum Gasteiger partial charge on any atom is 0.264 e. The highest BCUT2D eigenvalue weighted by molar-refractivity contribution is 7.92. The fraction of sp³-hybridized carbons (Fsp3) is 0.333. The zero-order valence-corrected chi connectivity index (χ0v) is 24.8. The zero-order chi connectivity index (χ0) is 29.3. The fourth-order valence-electron chi connectivity index (χ4n) is 4.23. The van der Waals surface area contributed by atoms with Gasteiger partial charge in [-0.25, -0.2) is 8.42 Å². The van der Waals surface area contributed by atoms with Gasteiger partial charge in [0.25, 0.3) is 10.0 Å². The van der Waals surface area contributed by atoms with Gasteiger partial charge in [-0.2, -0.15) is 0 Å². The van der Waals surface area contributed by atoms with Crippen LogP contribution in [-0.2, 0) is 26.2 Å². The highest BCUT2D eigenvalue weighted by Gasteiger charge is 2.34. The van der Waals surface area contributed by atoms with Gasteiger partial charge in [-0.05, 0) is 75.2 Å². The summed E-state index contributed by atoms with van der Waals surface area (Å²) in [5, 5.41) is 3.32. The molecule has 0 bridgehead atoms. The molecule has 3 rings (SSSR count). The van der Waals surface area contributed by atoms with E-state index in [0.29, 0.717) is 29.4 Å². The second-order valence-electron chi connectivity index (χ2n) is 9.45. The minimum absolute atomic E-state index is 0.0328. The number of amides is 2. The molecule has 8 nitrogen and oxygen atoms in total. The molecule has 3 aromatic carbocycles. The molecule has 0 radical (unpaired) electrons. The van der Waals surface area contributed by atoms with Gasteiger partial charge in [-0.3, -0.25) is 13.9 Å². The molecule has 40 heavy (non-hydrogen) atoms. The average Bonchev–Trinajstić information content (AvgIpc) is 2.93. The molecule has 0 aliphatic rings. The lowest BCUT2D eigenvalue weighted by Gasteiger charge is -2.33. The van der Waals surface area contributed by atoms with Gasteiger partial charge in [0, 0.05) is 17.6 Å². The highest BCUT2D eigenvalue weighted by atomic mass is 35.5. The van der Waals surface area contributed by atoms with Crippen LogP contribution in [0.25, 0.3) is 0 Å². The predicted molar refractivity (Wildman–Crippen MR) is 158 cm³/mol. The summed E-state index contributed by atoms with van der Waals surface area (Å²) in [5.74, 6) is -0.290. The summed E-state index contributed by atoms with van der Waals surface area (Å²) in [5.41, 5.74) is 0.935. The number of halogens is 1. The Kier molecular flexibility index (Phi) is 11.0. The number of hydrogen-bond donors (Lipinski definition) is 1. The Morgan fingerprint density at radius 2 is 1.55 bits per heavy atom. The summed E-state index contributed by atoms with van der Waals surface area (Å²) >= 11 is 6.42. The monoisotopic (exact) mass is 585 g/mol. The normalized spacial score (nSPS) is 12.1. The summed E-state index contributed by atoms with van der Waals surface area (Å²) in [6, 6.07) is 20.5. The van der Waals surface area contributed by atoms with Crippen LogP contribution in [0, 0.1) is 0 Å². The molecule has 0 saturated carbocycles. The first-order valence-electron chi connectivity index (χ1n) is 13.2. The third kappa shape index (κ3) is 7.76. The molecule has 0 fully saturated rings. The third-order valence-corrected chi connectivity index (χ3v) is 8.32. The predicted octanol–water partition coefficient (Wildman–Crippen LogP) is 5.27. The minimum Gasteiger partial charge on any atom is -0.494 e. The van der Waals surface area contributed by atoms with Crippen molar-refractivity contribution in [2.75, 3.05) is 17.5 Å². The van der Waals surface area contributed by atoms with Crippen molar-refractivity contribution >= 4 is 39.1 Å². The average molecular weight is 586 g/mol. The van der Waals surface area contributed by atoms with Gasteiger partial charge in [0.2, 0.25) is 11.8 Å². The molecule has 0 saturated heterocycles. The molecule has 1 N–H and O–H groups in total. The maximum absolute atomic E-state index is 14.1. The Morgan fingerprint density at radius 3 is 2.12 bits per heavy atom. The molecule has 0 spiro atoms. The standard InChI is InChI=1S/C30H36ClN3O5S/c1-5-28(30(36)32-22(3)4)33(20-23-12-10-11-15-27(23)31)29(35)21-34(24-16-18-25(19-17-24)39-6-2)40(37,38)26-13-8-7-9-14-26/h7-19,22,28H,5-6,20-21H2,1-4H3,(H,32,36)/t28-/m0/s1. The molecule has 0 aliphatic heterocycles. The van der Waals surface area contributed by atoms with Crippen molar-refractivity contribution in [1.29, 1.82) is 0 Å². The molecular formula is C30H36ClN3O5S. The topological polar surface area (TPSA) is 96.0 Å². The highest BCUT2D eigenvalue weighted by Crippen LogP contribution is 2.27. The van der Waals surface area contributed by atoms with Crippen LogP contribution in [0.4, 0.5) is 5.69 Å². The number of sulfonamides is 1. The molecule has 0 heterocycles. The second kappa shape index (κ2) is 14.2. The summed E-state index contributed by atoms with van der Waals surface area (Å²) < 4.78 is 34.3. The van der Waals surface area contributed by atoms with E-state index >= 15 is 0 Å². The molecule has 10 heteroatoms. The van der Waals surface area contributed by atoms with E-state index in [1.807, 2.05) is 27.7 Å². The van der Waals surface area contributed by atoms with E-state index in [-0.39, 0.29) is 29.1 Å². The van der Waals surface area contributed by atoms with Gasteiger partial charge >= 0.3 is 0 Å². The van der Waals surface area contributed by atoms with E-state index in [9.17, 15) is 18.0 Å². The maximum atomic E-state index is 14.1. The van der Waals surface area contributed by atoms with E-state index in [1.165, 1.54) is 17.0 Å². The summed E-state index contributed by atoms with van der Waals surface area (Å²) in [6.07, 6.45) is 0.323. The number of rotatable bonds is 13. The van der Waals surface area contributed by atoms with Crippen LogP contribution >= 0.6 is 11.6 Å². The van der Waals surface area contributed by atoms with E-state index in [4.69, 9.17) is 16.3 Å². The van der Waals surface area contributed by atoms with Crippen LogP contribution in [0.3, 0.4) is 0 Å². The van der Waals surface area contributed by atoms with Gasteiger partial charge in [-0.1, -0.05) is 54.9 Å². The van der Waals surface area contributed by atoms with Crippen LogP contribution < -0.4 is 14.4 Å². The lowest BCUT2D eigenvalue weighted by atomic mass is 10.1. The molecule has 2 amide bonds. The summed E-state index contributed by atoms with van der Waals surface area (Å²) in [4.78, 5) is 28.7. The Bertz CT molecular complexity index is 1380. The summed E-state index contributed by atoms with van der Waals surface area (Å²) in [7, 11) is -4.14. The van der Waals surface area contributed by atoms with Gasteiger partial charge < -0.3 is 15.0 Å². The van der Waals surface area contributed by atoms with E-state index < -0.39 is 28.5 Å². The van der Waals surface area contributed by atoms with E-state index in [2.05, 4.69) is 5.32 Å². The lowest BCUT2D eigenvalue weighted by Crippen LogP contribution is -2.53. The van der Waals surface area contributed by atoms with Crippen molar-refractivity contribution in [2.24, 2.45) is 0 Å². The Balaban J connectivity index is 2.06. The smallest absolute Gasteiger partial charge is 0.264 e. The first-order chi connectivity index (χ1) is 19.1. The minimum atomic E-state index is -4.14. The van der Waals surface area contributed by atoms with Crippen molar-refractivity contribution in [1.82, 2.24) is 10.2 Å².